The Morgan fingerprint density at radius 1 is 0.641 bits per heavy atom. The number of ether oxygens (including phenoxy) is 1. The molecule has 0 aromatic carbocycles. The molecular formula is C35H64O4. The van der Waals surface area contributed by atoms with Gasteiger partial charge in [0.15, 0.2) is 0 Å². The number of hydrogen-bond acceptors (Lipinski definition) is 3. The van der Waals surface area contributed by atoms with E-state index in [0.29, 0.717) is 6.42 Å². The lowest BCUT2D eigenvalue weighted by Gasteiger charge is -2.13. The molecule has 0 aromatic rings. The number of carbonyl (C=O) groups excluding carboxylic acids is 1. The second-order valence-corrected chi connectivity index (χ2v) is 11.5. The molecule has 1 N–H and O–H groups in total. The number of rotatable bonds is 31. The van der Waals surface area contributed by atoms with Gasteiger partial charge in [-0.25, -0.2) is 0 Å². The van der Waals surface area contributed by atoms with Crippen LogP contribution >= 0.6 is 0 Å². The van der Waals surface area contributed by atoms with E-state index >= 15 is 0 Å². The summed E-state index contributed by atoms with van der Waals surface area (Å²) in [4.78, 5) is 23.0. The number of carboxylic acids is 1. The summed E-state index contributed by atoms with van der Waals surface area (Å²) in [6, 6.07) is 0. The summed E-state index contributed by atoms with van der Waals surface area (Å²) >= 11 is 0. The van der Waals surface area contributed by atoms with Gasteiger partial charge in [-0.15, -0.1) is 0 Å². The zero-order valence-electron chi connectivity index (χ0n) is 25.8. The topological polar surface area (TPSA) is 63.6 Å². The predicted octanol–water partition coefficient (Wildman–Crippen LogP) is 11.1. The molecule has 228 valence electrons. The fourth-order valence-electron chi connectivity index (χ4n) is 5.17. The maximum Gasteiger partial charge on any atom is 0.309 e. The number of hydrogen-bond donors (Lipinski definition) is 1. The van der Waals surface area contributed by atoms with Crippen molar-refractivity contribution in [2.45, 2.75) is 174 Å². The molecule has 1 atom stereocenters. The van der Waals surface area contributed by atoms with Crippen LogP contribution in [0.4, 0.5) is 0 Å². The molecule has 0 rings (SSSR count). The summed E-state index contributed by atoms with van der Waals surface area (Å²) in [5.74, 6) is -1.88. The van der Waals surface area contributed by atoms with Crippen LogP contribution in [0.15, 0.2) is 24.8 Å². The van der Waals surface area contributed by atoms with Gasteiger partial charge in [0.05, 0.1) is 12.3 Å². The van der Waals surface area contributed by atoms with Crippen molar-refractivity contribution in [3.05, 3.63) is 24.8 Å². The highest BCUT2D eigenvalue weighted by atomic mass is 16.5. The highest BCUT2D eigenvalue weighted by Gasteiger charge is 2.22. The van der Waals surface area contributed by atoms with E-state index in [0.717, 1.165) is 19.3 Å². The Labute approximate surface area is 242 Å². The van der Waals surface area contributed by atoms with E-state index in [1.165, 1.54) is 141 Å². The molecule has 0 aliphatic heterocycles. The first-order valence-corrected chi connectivity index (χ1v) is 16.8. The van der Waals surface area contributed by atoms with Gasteiger partial charge in [-0.3, -0.25) is 9.59 Å². The van der Waals surface area contributed by atoms with Gasteiger partial charge in [0.25, 0.3) is 0 Å². The Kier molecular flexibility index (Phi) is 29.7. The molecule has 0 aliphatic rings. The van der Waals surface area contributed by atoms with Crippen LogP contribution in [0.1, 0.15) is 174 Å². The van der Waals surface area contributed by atoms with Crippen molar-refractivity contribution in [2.75, 3.05) is 6.61 Å². The largest absolute Gasteiger partial charge is 0.481 e. The lowest BCUT2D eigenvalue weighted by atomic mass is 9.97. The van der Waals surface area contributed by atoms with Crippen LogP contribution in [0, 0.1) is 5.92 Å². The average Bonchev–Trinajstić information content (AvgIpc) is 2.92. The summed E-state index contributed by atoms with van der Waals surface area (Å²) in [6.07, 6.45) is 38.6. The van der Waals surface area contributed by atoms with Crippen molar-refractivity contribution in [3.8, 4) is 0 Å². The molecule has 0 radical (unpaired) electrons. The van der Waals surface area contributed by atoms with E-state index in [9.17, 15) is 9.59 Å². The molecule has 4 heteroatoms. The number of allylic oxidation sites excluding steroid dienone is 2. The number of esters is 1. The van der Waals surface area contributed by atoms with Gasteiger partial charge in [0.2, 0.25) is 0 Å². The monoisotopic (exact) mass is 548 g/mol. The van der Waals surface area contributed by atoms with Crippen molar-refractivity contribution in [2.24, 2.45) is 5.92 Å². The summed E-state index contributed by atoms with van der Waals surface area (Å²) < 4.78 is 5.04. The first kappa shape index (κ1) is 37.4. The second-order valence-electron chi connectivity index (χ2n) is 11.5. The minimum atomic E-state index is -0.941. The third-order valence-corrected chi connectivity index (χ3v) is 7.66. The van der Waals surface area contributed by atoms with E-state index in [1.807, 2.05) is 0 Å². The summed E-state index contributed by atoms with van der Waals surface area (Å²) in [5, 5.41) is 9.03. The average molecular weight is 549 g/mol. The Balaban J connectivity index is 3.32. The number of carboxylic acid groups (broad SMARTS) is 1. The minimum absolute atomic E-state index is 0.145. The molecule has 4 nitrogen and oxygen atoms in total. The molecule has 0 saturated carbocycles. The fourth-order valence-corrected chi connectivity index (χ4v) is 5.17. The lowest BCUT2D eigenvalue weighted by molar-refractivity contribution is -0.152. The van der Waals surface area contributed by atoms with Gasteiger partial charge in [0.1, 0.15) is 6.61 Å². The first-order valence-electron chi connectivity index (χ1n) is 16.8. The third kappa shape index (κ3) is 29.2. The maximum atomic E-state index is 12.0. The Bertz CT molecular complexity index is 583. The molecular weight excluding hydrogens is 484 g/mol. The van der Waals surface area contributed by atoms with Gasteiger partial charge in [-0.1, -0.05) is 167 Å². The summed E-state index contributed by atoms with van der Waals surface area (Å²) in [6.45, 7) is 5.93. The van der Waals surface area contributed by atoms with Gasteiger partial charge in [-0.2, -0.15) is 0 Å². The van der Waals surface area contributed by atoms with Crippen LogP contribution in [0.5, 0.6) is 0 Å². The molecule has 0 heterocycles. The first-order chi connectivity index (χ1) is 19.1. The Hall–Kier alpha value is -1.58. The van der Waals surface area contributed by atoms with Crippen LogP contribution in [-0.2, 0) is 14.3 Å². The highest BCUT2D eigenvalue weighted by Crippen LogP contribution is 2.18. The van der Waals surface area contributed by atoms with Crippen molar-refractivity contribution >= 4 is 11.9 Å². The predicted molar refractivity (Wildman–Crippen MR) is 167 cm³/mol. The van der Waals surface area contributed by atoms with E-state index in [2.05, 4.69) is 25.7 Å². The van der Waals surface area contributed by atoms with E-state index in [-0.39, 0.29) is 13.0 Å². The normalized spacial score (nSPS) is 12.1. The molecule has 0 spiro atoms. The SMILES string of the molecule is C=CCOC(=O)C(CCCCCCCCCCCCCCCCCCCCCC/C=C/CCCC)CC(=O)O. The lowest BCUT2D eigenvalue weighted by Crippen LogP contribution is -2.21. The molecule has 0 saturated heterocycles. The van der Waals surface area contributed by atoms with Gasteiger partial charge in [-0.05, 0) is 25.7 Å². The highest BCUT2D eigenvalue weighted by molar-refractivity contribution is 5.79. The van der Waals surface area contributed by atoms with Crippen molar-refractivity contribution in [3.63, 3.8) is 0 Å². The minimum Gasteiger partial charge on any atom is -0.481 e. The van der Waals surface area contributed by atoms with Crippen LogP contribution in [0.2, 0.25) is 0 Å². The molecule has 0 fully saturated rings. The molecule has 0 bridgehead atoms. The number of unbranched alkanes of at least 4 members (excludes halogenated alkanes) is 22. The van der Waals surface area contributed by atoms with E-state index < -0.39 is 17.9 Å². The van der Waals surface area contributed by atoms with Crippen molar-refractivity contribution < 1.29 is 19.4 Å². The van der Waals surface area contributed by atoms with Crippen LogP contribution < -0.4 is 0 Å². The molecule has 39 heavy (non-hydrogen) atoms. The van der Waals surface area contributed by atoms with Gasteiger partial charge < -0.3 is 9.84 Å². The Morgan fingerprint density at radius 2 is 1.03 bits per heavy atom. The Morgan fingerprint density at radius 3 is 1.41 bits per heavy atom. The zero-order valence-corrected chi connectivity index (χ0v) is 25.8. The van der Waals surface area contributed by atoms with Gasteiger partial charge >= 0.3 is 11.9 Å². The molecule has 0 aliphatic carbocycles. The second kappa shape index (κ2) is 31.0. The van der Waals surface area contributed by atoms with Crippen molar-refractivity contribution in [1.29, 1.82) is 0 Å². The summed E-state index contributed by atoms with van der Waals surface area (Å²) in [5.41, 5.74) is 0. The maximum absolute atomic E-state index is 12.0. The van der Waals surface area contributed by atoms with Crippen molar-refractivity contribution in [1.82, 2.24) is 0 Å². The van der Waals surface area contributed by atoms with E-state index in [4.69, 9.17) is 9.84 Å². The molecule has 0 aromatic heterocycles. The summed E-state index contributed by atoms with van der Waals surface area (Å²) in [7, 11) is 0. The smallest absolute Gasteiger partial charge is 0.309 e. The van der Waals surface area contributed by atoms with Crippen LogP contribution in [-0.4, -0.2) is 23.7 Å². The molecule has 0 amide bonds. The standard InChI is InChI=1S/C35H64O4/c1-3-5-6-7-8-9-10-11-12-13-14-15-16-17-18-19-20-21-22-23-24-25-26-27-28-29-30-33(32-34(36)37)35(38)39-31-4-2/h4,7-8,33H,2-3,5-6,9-32H2,1H3,(H,36,37)/b8-7+. The number of carbonyl (C=O) groups is 2. The number of aliphatic carboxylic acids is 1. The zero-order chi connectivity index (χ0) is 28.7. The molecule has 1 unspecified atom stereocenters. The van der Waals surface area contributed by atoms with Crippen LogP contribution in [0.3, 0.4) is 0 Å². The third-order valence-electron chi connectivity index (χ3n) is 7.66. The quantitative estimate of drug-likeness (QED) is 0.0531. The van der Waals surface area contributed by atoms with E-state index in [1.54, 1.807) is 0 Å². The fraction of sp³-hybridized carbons (Fsp3) is 0.829. The van der Waals surface area contributed by atoms with Gasteiger partial charge in [0, 0.05) is 0 Å². The van der Waals surface area contributed by atoms with Crippen LogP contribution in [0.25, 0.3) is 0 Å².